The second-order valence-corrected chi connectivity index (χ2v) is 8.88. The van der Waals surface area contributed by atoms with E-state index in [4.69, 9.17) is 0 Å². The van der Waals surface area contributed by atoms with E-state index >= 15 is 0 Å². The number of aliphatic hydroxyl groups is 1. The van der Waals surface area contributed by atoms with E-state index < -0.39 is 10.0 Å². The van der Waals surface area contributed by atoms with Crippen LogP contribution in [0.15, 0.2) is 54.7 Å². The van der Waals surface area contributed by atoms with Crippen molar-refractivity contribution in [1.29, 1.82) is 0 Å². The first-order chi connectivity index (χ1) is 12.4. The fraction of sp³-hybridized carbons (Fsp3) is 0.421. The molecule has 0 unspecified atom stereocenters. The first kappa shape index (κ1) is 19.0. The molecule has 1 aliphatic rings. The molecule has 6 nitrogen and oxygen atoms in total. The van der Waals surface area contributed by atoms with E-state index in [1.807, 2.05) is 48.5 Å². The average molecular weight is 375 g/mol. The Morgan fingerprint density at radius 2 is 1.81 bits per heavy atom. The molecule has 2 aromatic rings. The smallest absolute Gasteiger partial charge is 0.211 e. The maximum absolute atomic E-state index is 11.9. The molecule has 0 bridgehead atoms. The van der Waals surface area contributed by atoms with E-state index in [2.05, 4.69) is 9.88 Å². The lowest BCUT2D eigenvalue weighted by Crippen LogP contribution is -2.66. The largest absolute Gasteiger partial charge is 0.395 e. The molecule has 3 rings (SSSR count). The van der Waals surface area contributed by atoms with Crippen LogP contribution in [0.2, 0.25) is 0 Å². The van der Waals surface area contributed by atoms with Crippen molar-refractivity contribution in [2.75, 3.05) is 26.5 Å². The molecule has 0 aliphatic carbocycles. The Balaban J connectivity index is 1.88. The van der Waals surface area contributed by atoms with Gasteiger partial charge in [-0.3, -0.25) is 9.88 Å². The van der Waals surface area contributed by atoms with Crippen molar-refractivity contribution in [2.45, 2.75) is 24.5 Å². The van der Waals surface area contributed by atoms with Crippen LogP contribution < -0.4 is 0 Å². The van der Waals surface area contributed by atoms with E-state index in [0.29, 0.717) is 13.1 Å². The standard InChI is InChI=1S/C19H25N3O3S/c1-21(26(2,24)25)13-17-19(15-8-4-3-5-9-15)18(14-23)22(17)12-16-10-6-7-11-20-16/h3-11,17-19,23H,12-14H2,1-2H3/t17-,18-,19-/m1/s1. The van der Waals surface area contributed by atoms with Gasteiger partial charge in [0.15, 0.2) is 0 Å². The molecule has 1 aliphatic heterocycles. The van der Waals surface area contributed by atoms with Crippen LogP contribution in [0.4, 0.5) is 0 Å². The zero-order valence-electron chi connectivity index (χ0n) is 15.1. The molecule has 7 heteroatoms. The summed E-state index contributed by atoms with van der Waals surface area (Å²) >= 11 is 0. The van der Waals surface area contributed by atoms with Crippen LogP contribution >= 0.6 is 0 Å². The number of hydrogen-bond acceptors (Lipinski definition) is 5. The number of aromatic nitrogens is 1. The third-order valence-electron chi connectivity index (χ3n) is 5.13. The highest BCUT2D eigenvalue weighted by Gasteiger charge is 2.49. The van der Waals surface area contributed by atoms with Gasteiger partial charge in [-0.05, 0) is 17.7 Å². The number of pyridine rings is 1. The summed E-state index contributed by atoms with van der Waals surface area (Å²) in [5.41, 5.74) is 2.03. The fourth-order valence-electron chi connectivity index (χ4n) is 3.68. The molecule has 26 heavy (non-hydrogen) atoms. The Morgan fingerprint density at radius 3 is 2.38 bits per heavy atom. The van der Waals surface area contributed by atoms with Gasteiger partial charge in [-0.2, -0.15) is 0 Å². The van der Waals surface area contributed by atoms with Crippen molar-refractivity contribution in [3.8, 4) is 0 Å². The Morgan fingerprint density at radius 1 is 1.12 bits per heavy atom. The SMILES string of the molecule is CN(C[C@@H]1[C@@H](c2ccccc2)[C@@H](CO)N1Cc1ccccn1)S(C)(=O)=O. The summed E-state index contributed by atoms with van der Waals surface area (Å²) in [4.78, 5) is 6.53. The molecule has 1 aromatic heterocycles. The number of aliphatic hydroxyl groups excluding tert-OH is 1. The Hall–Kier alpha value is -1.80. The molecule has 140 valence electrons. The van der Waals surface area contributed by atoms with Gasteiger partial charge < -0.3 is 5.11 Å². The van der Waals surface area contributed by atoms with Crippen molar-refractivity contribution in [2.24, 2.45) is 0 Å². The van der Waals surface area contributed by atoms with Gasteiger partial charge in [0.05, 0.1) is 18.6 Å². The van der Waals surface area contributed by atoms with Crippen molar-refractivity contribution in [1.82, 2.24) is 14.2 Å². The van der Waals surface area contributed by atoms with E-state index in [1.165, 1.54) is 10.6 Å². The van der Waals surface area contributed by atoms with Crippen LogP contribution in [0.25, 0.3) is 0 Å². The summed E-state index contributed by atoms with van der Waals surface area (Å²) in [6.45, 7) is 0.977. The predicted octanol–water partition coefficient (Wildman–Crippen LogP) is 1.30. The molecule has 1 saturated heterocycles. The Kier molecular flexibility index (Phi) is 5.72. The monoisotopic (exact) mass is 375 g/mol. The lowest BCUT2D eigenvalue weighted by atomic mass is 9.75. The first-order valence-electron chi connectivity index (χ1n) is 8.64. The van der Waals surface area contributed by atoms with Gasteiger partial charge in [-0.1, -0.05) is 36.4 Å². The number of likely N-dealkylation sites (N-methyl/N-ethyl adjacent to an activating group) is 1. The lowest BCUT2D eigenvalue weighted by Gasteiger charge is -2.55. The average Bonchev–Trinajstić information content (AvgIpc) is 2.63. The molecule has 0 spiro atoms. The van der Waals surface area contributed by atoms with Crippen LogP contribution in [-0.4, -0.2) is 66.3 Å². The second kappa shape index (κ2) is 7.84. The quantitative estimate of drug-likeness (QED) is 0.790. The van der Waals surface area contributed by atoms with Crippen molar-refractivity contribution in [3.63, 3.8) is 0 Å². The van der Waals surface area contributed by atoms with Gasteiger partial charge in [0.2, 0.25) is 10.0 Å². The highest BCUT2D eigenvalue weighted by molar-refractivity contribution is 7.88. The summed E-state index contributed by atoms with van der Waals surface area (Å²) < 4.78 is 25.2. The Bertz CT molecular complexity index is 814. The summed E-state index contributed by atoms with van der Waals surface area (Å²) in [6, 6.07) is 15.7. The minimum atomic E-state index is -3.27. The van der Waals surface area contributed by atoms with E-state index in [9.17, 15) is 13.5 Å². The van der Waals surface area contributed by atoms with Gasteiger partial charge >= 0.3 is 0 Å². The summed E-state index contributed by atoms with van der Waals surface area (Å²) in [5, 5.41) is 9.98. The second-order valence-electron chi connectivity index (χ2n) is 6.79. The molecular weight excluding hydrogens is 350 g/mol. The van der Waals surface area contributed by atoms with Crippen LogP contribution in [0, 0.1) is 0 Å². The topological polar surface area (TPSA) is 73.7 Å². The molecule has 3 atom stereocenters. The van der Waals surface area contributed by atoms with E-state index in [-0.39, 0.29) is 24.6 Å². The zero-order chi connectivity index (χ0) is 18.7. The highest BCUT2D eigenvalue weighted by atomic mass is 32.2. The number of hydrogen-bond donors (Lipinski definition) is 1. The molecule has 1 fully saturated rings. The summed E-state index contributed by atoms with van der Waals surface area (Å²) in [5.74, 6) is 0.0779. The fourth-order valence-corrected chi connectivity index (χ4v) is 4.11. The van der Waals surface area contributed by atoms with Crippen LogP contribution in [0.1, 0.15) is 17.2 Å². The minimum absolute atomic E-state index is 0.0173. The summed E-state index contributed by atoms with van der Waals surface area (Å²) in [7, 11) is -1.67. The third-order valence-corrected chi connectivity index (χ3v) is 6.41. The molecule has 1 N–H and O–H groups in total. The van der Waals surface area contributed by atoms with E-state index in [1.54, 1.807) is 13.2 Å². The van der Waals surface area contributed by atoms with Crippen molar-refractivity contribution in [3.05, 3.63) is 66.0 Å². The van der Waals surface area contributed by atoms with Gasteiger partial charge in [0, 0.05) is 44.3 Å². The minimum Gasteiger partial charge on any atom is -0.395 e. The number of rotatable bonds is 7. The maximum atomic E-state index is 11.9. The van der Waals surface area contributed by atoms with Gasteiger partial charge in [-0.25, -0.2) is 12.7 Å². The Labute approximate surface area is 155 Å². The van der Waals surface area contributed by atoms with Gasteiger partial charge in [0.25, 0.3) is 0 Å². The number of benzene rings is 1. The molecule has 0 amide bonds. The predicted molar refractivity (Wildman–Crippen MR) is 101 cm³/mol. The summed E-state index contributed by atoms with van der Waals surface area (Å²) in [6.07, 6.45) is 2.96. The van der Waals surface area contributed by atoms with Crippen molar-refractivity contribution >= 4 is 10.0 Å². The molecular formula is C19H25N3O3S. The van der Waals surface area contributed by atoms with Gasteiger partial charge in [0.1, 0.15) is 0 Å². The molecule has 2 heterocycles. The third kappa shape index (κ3) is 3.96. The van der Waals surface area contributed by atoms with Crippen molar-refractivity contribution < 1.29 is 13.5 Å². The highest BCUT2D eigenvalue weighted by Crippen LogP contribution is 2.41. The van der Waals surface area contributed by atoms with Crippen LogP contribution in [-0.2, 0) is 16.6 Å². The lowest BCUT2D eigenvalue weighted by molar-refractivity contribution is -0.0552. The molecule has 1 aromatic carbocycles. The zero-order valence-corrected chi connectivity index (χ0v) is 15.9. The van der Waals surface area contributed by atoms with Crippen LogP contribution in [0.5, 0.6) is 0 Å². The number of likely N-dealkylation sites (tertiary alicyclic amines) is 1. The number of sulfonamides is 1. The normalized spacial score (nSPS) is 23.8. The number of nitrogens with zero attached hydrogens (tertiary/aromatic N) is 3. The van der Waals surface area contributed by atoms with E-state index in [0.717, 1.165) is 11.3 Å². The van der Waals surface area contributed by atoms with Gasteiger partial charge in [-0.15, -0.1) is 0 Å². The molecule has 0 radical (unpaired) electrons. The maximum Gasteiger partial charge on any atom is 0.211 e. The van der Waals surface area contributed by atoms with Crippen LogP contribution in [0.3, 0.4) is 0 Å². The first-order valence-corrected chi connectivity index (χ1v) is 10.5. The molecule has 0 saturated carbocycles.